The van der Waals surface area contributed by atoms with Crippen LogP contribution in [0.15, 0.2) is 12.1 Å². The van der Waals surface area contributed by atoms with E-state index in [1.807, 2.05) is 0 Å². The minimum atomic E-state index is -1.08. The number of carbonyl (C=O) groups is 1. The fourth-order valence-corrected chi connectivity index (χ4v) is 2.25. The topological polar surface area (TPSA) is 72.5 Å². The van der Waals surface area contributed by atoms with Crippen LogP contribution in [-0.2, 0) is 4.79 Å². The van der Waals surface area contributed by atoms with Crippen molar-refractivity contribution in [2.24, 2.45) is 5.73 Å². The first-order chi connectivity index (χ1) is 8.04. The third kappa shape index (κ3) is 2.37. The molecule has 1 aromatic carbocycles. The first kappa shape index (κ1) is 12.2. The van der Waals surface area contributed by atoms with Crippen LogP contribution in [0.5, 0.6) is 5.75 Å². The van der Waals surface area contributed by atoms with Crippen LogP contribution in [0.2, 0.25) is 5.02 Å². The summed E-state index contributed by atoms with van der Waals surface area (Å²) in [5.41, 5.74) is 6.99. The van der Waals surface area contributed by atoms with Gasteiger partial charge in [-0.3, -0.25) is 4.79 Å². The van der Waals surface area contributed by atoms with Gasteiger partial charge in [0.2, 0.25) is 0 Å². The fraction of sp³-hybridized carbons (Fsp3) is 0.417. The molecule has 0 aliphatic heterocycles. The number of carboxylic acids is 1. The molecule has 1 fully saturated rings. The van der Waals surface area contributed by atoms with Gasteiger partial charge < -0.3 is 15.6 Å². The zero-order valence-corrected chi connectivity index (χ0v) is 10.2. The maximum absolute atomic E-state index is 10.8. The van der Waals surface area contributed by atoms with Gasteiger partial charge in [-0.1, -0.05) is 11.6 Å². The van der Waals surface area contributed by atoms with E-state index in [1.54, 1.807) is 19.2 Å². The molecule has 0 saturated heterocycles. The fourth-order valence-electron chi connectivity index (χ4n) is 1.87. The molecule has 0 heterocycles. The van der Waals surface area contributed by atoms with Crippen molar-refractivity contribution in [3.63, 3.8) is 0 Å². The number of nitrogens with two attached hydrogens (primary N) is 1. The summed E-state index contributed by atoms with van der Waals surface area (Å²) in [6, 6.07) is 2.21. The molecule has 0 amide bonds. The van der Waals surface area contributed by atoms with Gasteiger partial charge in [0.05, 0.1) is 7.11 Å². The van der Waals surface area contributed by atoms with Crippen molar-refractivity contribution in [1.82, 2.24) is 0 Å². The molecule has 0 aromatic heterocycles. The second-order valence-electron chi connectivity index (χ2n) is 4.21. The number of benzene rings is 1. The summed E-state index contributed by atoms with van der Waals surface area (Å²) in [4.78, 5) is 10.8. The van der Waals surface area contributed by atoms with E-state index in [1.165, 1.54) is 0 Å². The molecule has 17 heavy (non-hydrogen) atoms. The van der Waals surface area contributed by atoms with Gasteiger partial charge >= 0.3 is 5.97 Å². The Balaban J connectivity index is 2.44. The maximum atomic E-state index is 10.8. The molecule has 2 rings (SSSR count). The highest BCUT2D eigenvalue weighted by Crippen LogP contribution is 2.48. The Kier molecular flexibility index (Phi) is 3.26. The van der Waals surface area contributed by atoms with Gasteiger partial charge in [0.15, 0.2) is 0 Å². The summed E-state index contributed by atoms with van der Waals surface area (Å²) < 4.78 is 5.27. The Hall–Kier alpha value is -1.26. The Morgan fingerprint density at radius 2 is 2.24 bits per heavy atom. The van der Waals surface area contributed by atoms with E-state index >= 15 is 0 Å². The van der Waals surface area contributed by atoms with E-state index in [4.69, 9.17) is 27.2 Å². The van der Waals surface area contributed by atoms with Crippen molar-refractivity contribution < 1.29 is 14.6 Å². The first-order valence-electron chi connectivity index (χ1n) is 5.40. The SMILES string of the molecule is COc1cc(C(N)C(=O)O)cc(Cl)c1C1CC1. The molecular formula is C12H14ClNO3. The van der Waals surface area contributed by atoms with Crippen LogP contribution >= 0.6 is 11.6 Å². The molecule has 1 aliphatic carbocycles. The summed E-state index contributed by atoms with van der Waals surface area (Å²) >= 11 is 6.17. The highest BCUT2D eigenvalue weighted by Gasteiger charge is 2.30. The minimum absolute atomic E-state index is 0.438. The second-order valence-corrected chi connectivity index (χ2v) is 4.62. The number of aliphatic carboxylic acids is 1. The van der Waals surface area contributed by atoms with Crippen molar-refractivity contribution in [1.29, 1.82) is 0 Å². The summed E-state index contributed by atoms with van der Waals surface area (Å²) in [6.07, 6.45) is 2.20. The Morgan fingerprint density at radius 1 is 1.59 bits per heavy atom. The van der Waals surface area contributed by atoms with E-state index in [0.717, 1.165) is 18.4 Å². The smallest absolute Gasteiger partial charge is 0.325 e. The summed E-state index contributed by atoms with van der Waals surface area (Å²) in [5.74, 6) is -0.0125. The lowest BCUT2D eigenvalue weighted by Gasteiger charge is -2.14. The van der Waals surface area contributed by atoms with Crippen LogP contribution in [-0.4, -0.2) is 18.2 Å². The van der Waals surface area contributed by atoms with Crippen LogP contribution < -0.4 is 10.5 Å². The molecule has 3 N–H and O–H groups in total. The predicted octanol–water partition coefficient (Wildman–Crippen LogP) is 2.31. The molecule has 0 spiro atoms. The lowest BCUT2D eigenvalue weighted by Crippen LogP contribution is -2.20. The van der Waals surface area contributed by atoms with Crippen molar-refractivity contribution in [2.45, 2.75) is 24.8 Å². The van der Waals surface area contributed by atoms with Gasteiger partial charge in [-0.05, 0) is 36.5 Å². The van der Waals surface area contributed by atoms with Crippen molar-refractivity contribution in [3.05, 3.63) is 28.3 Å². The molecule has 1 atom stereocenters. The number of hydrogen-bond donors (Lipinski definition) is 2. The number of carboxylic acid groups (broad SMARTS) is 1. The summed E-state index contributed by atoms with van der Waals surface area (Å²) in [5, 5.41) is 9.41. The third-order valence-corrected chi connectivity index (χ3v) is 3.26. The molecule has 0 bridgehead atoms. The predicted molar refractivity (Wildman–Crippen MR) is 64.5 cm³/mol. The van der Waals surface area contributed by atoms with E-state index in [0.29, 0.717) is 22.3 Å². The van der Waals surface area contributed by atoms with Crippen molar-refractivity contribution in [2.75, 3.05) is 7.11 Å². The highest BCUT2D eigenvalue weighted by atomic mass is 35.5. The first-order valence-corrected chi connectivity index (χ1v) is 5.78. The standard InChI is InChI=1S/C12H14ClNO3/c1-17-9-5-7(11(14)12(15)16)4-8(13)10(9)6-2-3-6/h4-6,11H,2-3,14H2,1H3,(H,15,16). The van der Waals surface area contributed by atoms with Gasteiger partial charge in [0.25, 0.3) is 0 Å². The minimum Gasteiger partial charge on any atom is -0.496 e. The monoisotopic (exact) mass is 255 g/mol. The van der Waals surface area contributed by atoms with E-state index < -0.39 is 12.0 Å². The molecule has 4 nitrogen and oxygen atoms in total. The number of rotatable bonds is 4. The average Bonchev–Trinajstić information content (AvgIpc) is 3.10. The number of hydrogen-bond acceptors (Lipinski definition) is 3. The van der Waals surface area contributed by atoms with E-state index in [9.17, 15) is 4.79 Å². The summed E-state index contributed by atoms with van der Waals surface area (Å²) in [6.45, 7) is 0. The van der Waals surface area contributed by atoms with Gasteiger partial charge in [0.1, 0.15) is 11.8 Å². The largest absolute Gasteiger partial charge is 0.496 e. The molecule has 5 heteroatoms. The lowest BCUT2D eigenvalue weighted by molar-refractivity contribution is -0.138. The Labute approximate surface area is 104 Å². The number of methoxy groups -OCH3 is 1. The summed E-state index contributed by atoms with van der Waals surface area (Å²) in [7, 11) is 1.55. The van der Waals surface area contributed by atoms with Gasteiger partial charge in [-0.2, -0.15) is 0 Å². The number of halogens is 1. The normalized spacial score (nSPS) is 16.6. The molecule has 1 aliphatic rings. The van der Waals surface area contributed by atoms with Crippen molar-refractivity contribution in [3.8, 4) is 5.75 Å². The van der Waals surface area contributed by atoms with E-state index in [-0.39, 0.29) is 0 Å². The van der Waals surface area contributed by atoms with Crippen LogP contribution in [0.25, 0.3) is 0 Å². The average molecular weight is 256 g/mol. The molecule has 1 aromatic rings. The highest BCUT2D eigenvalue weighted by molar-refractivity contribution is 6.31. The van der Waals surface area contributed by atoms with Gasteiger partial charge in [0, 0.05) is 10.6 Å². The van der Waals surface area contributed by atoms with Gasteiger partial charge in [-0.25, -0.2) is 0 Å². The van der Waals surface area contributed by atoms with Gasteiger partial charge in [-0.15, -0.1) is 0 Å². The third-order valence-electron chi connectivity index (χ3n) is 2.94. The second kappa shape index (κ2) is 4.55. The zero-order valence-electron chi connectivity index (χ0n) is 9.44. The Bertz CT molecular complexity index is 457. The molecule has 92 valence electrons. The lowest BCUT2D eigenvalue weighted by atomic mass is 10.0. The van der Waals surface area contributed by atoms with E-state index in [2.05, 4.69) is 0 Å². The molecular weight excluding hydrogens is 242 g/mol. The van der Waals surface area contributed by atoms with Crippen LogP contribution in [0.4, 0.5) is 0 Å². The number of ether oxygens (including phenoxy) is 1. The quantitative estimate of drug-likeness (QED) is 0.866. The molecule has 1 saturated carbocycles. The molecule has 0 radical (unpaired) electrons. The van der Waals surface area contributed by atoms with Crippen LogP contribution in [0.1, 0.15) is 35.9 Å². The van der Waals surface area contributed by atoms with Crippen molar-refractivity contribution >= 4 is 17.6 Å². The van der Waals surface area contributed by atoms with Crippen LogP contribution in [0, 0.1) is 0 Å². The molecule has 1 unspecified atom stereocenters. The Morgan fingerprint density at radius 3 is 2.71 bits per heavy atom. The maximum Gasteiger partial charge on any atom is 0.325 e. The van der Waals surface area contributed by atoms with Crippen LogP contribution in [0.3, 0.4) is 0 Å². The zero-order chi connectivity index (χ0) is 12.6.